The van der Waals surface area contributed by atoms with Gasteiger partial charge in [-0.3, -0.25) is 4.79 Å². The van der Waals surface area contributed by atoms with Crippen LogP contribution in [-0.4, -0.2) is 36.5 Å². The summed E-state index contributed by atoms with van der Waals surface area (Å²) in [5.41, 5.74) is 0.805. The predicted octanol–water partition coefficient (Wildman–Crippen LogP) is 2.57. The third kappa shape index (κ3) is 5.71. The highest BCUT2D eigenvalue weighted by atomic mass is 19.1. The van der Waals surface area contributed by atoms with Gasteiger partial charge in [-0.1, -0.05) is 6.07 Å². The van der Waals surface area contributed by atoms with Crippen LogP contribution in [-0.2, 0) is 11.3 Å². The van der Waals surface area contributed by atoms with Crippen LogP contribution in [0.5, 0.6) is 5.75 Å². The molecular formula is C16H25FN2O2. The molecule has 0 fully saturated rings. The molecule has 0 bridgehead atoms. The monoisotopic (exact) mass is 296 g/mol. The van der Waals surface area contributed by atoms with Gasteiger partial charge in [-0.2, -0.15) is 0 Å². The standard InChI is InChI=1S/C16H25FN2O2/c1-11(15(20)19(5)6)21-14-8-7-12(9-13(14)17)10-18-16(2,3)4/h7-9,11,18H,10H2,1-6H3. The summed E-state index contributed by atoms with van der Waals surface area (Å²) in [5.74, 6) is -0.563. The van der Waals surface area contributed by atoms with Crippen LogP contribution < -0.4 is 10.1 Å². The molecule has 118 valence electrons. The number of carbonyl (C=O) groups excluding carboxylic acids is 1. The van der Waals surface area contributed by atoms with Gasteiger partial charge in [0.15, 0.2) is 17.7 Å². The van der Waals surface area contributed by atoms with E-state index in [0.29, 0.717) is 6.54 Å². The van der Waals surface area contributed by atoms with E-state index in [9.17, 15) is 9.18 Å². The van der Waals surface area contributed by atoms with E-state index in [1.54, 1.807) is 33.2 Å². The predicted molar refractivity (Wildman–Crippen MR) is 81.8 cm³/mol. The molecule has 0 saturated heterocycles. The SMILES string of the molecule is CC(Oc1ccc(CNC(C)(C)C)cc1F)C(=O)N(C)C. The summed E-state index contributed by atoms with van der Waals surface area (Å²) in [7, 11) is 3.28. The van der Waals surface area contributed by atoms with Crippen LogP contribution in [0.15, 0.2) is 18.2 Å². The molecule has 0 spiro atoms. The Hall–Kier alpha value is -1.62. The van der Waals surface area contributed by atoms with Crippen LogP contribution in [0.25, 0.3) is 0 Å². The Morgan fingerprint density at radius 3 is 2.48 bits per heavy atom. The van der Waals surface area contributed by atoms with Gasteiger partial charge in [-0.15, -0.1) is 0 Å². The molecule has 5 heteroatoms. The average molecular weight is 296 g/mol. The quantitative estimate of drug-likeness (QED) is 0.908. The highest BCUT2D eigenvalue weighted by Gasteiger charge is 2.18. The number of likely N-dealkylation sites (N-methyl/N-ethyl adjacent to an activating group) is 1. The van der Waals surface area contributed by atoms with Crippen molar-refractivity contribution in [2.75, 3.05) is 14.1 Å². The smallest absolute Gasteiger partial charge is 0.262 e. The van der Waals surface area contributed by atoms with Gasteiger partial charge in [0.1, 0.15) is 0 Å². The second kappa shape index (κ2) is 6.89. The van der Waals surface area contributed by atoms with E-state index < -0.39 is 11.9 Å². The lowest BCUT2D eigenvalue weighted by Crippen LogP contribution is -2.35. The lowest BCUT2D eigenvalue weighted by Gasteiger charge is -2.21. The highest BCUT2D eigenvalue weighted by Crippen LogP contribution is 2.20. The van der Waals surface area contributed by atoms with Gasteiger partial charge in [0.05, 0.1) is 0 Å². The maximum Gasteiger partial charge on any atom is 0.262 e. The van der Waals surface area contributed by atoms with Gasteiger partial charge in [0.25, 0.3) is 5.91 Å². The second-order valence-electron chi connectivity index (χ2n) is 6.36. The molecule has 1 amide bonds. The number of amides is 1. The Balaban J connectivity index is 2.72. The molecule has 1 aromatic rings. The number of rotatable bonds is 5. The van der Waals surface area contributed by atoms with Crippen LogP contribution in [0, 0.1) is 5.82 Å². The average Bonchev–Trinajstić information content (AvgIpc) is 2.37. The third-order valence-corrected chi connectivity index (χ3v) is 2.91. The summed E-state index contributed by atoms with van der Waals surface area (Å²) in [5, 5.41) is 3.29. The van der Waals surface area contributed by atoms with Crippen molar-refractivity contribution in [3.05, 3.63) is 29.6 Å². The number of nitrogens with one attached hydrogen (secondary N) is 1. The molecular weight excluding hydrogens is 271 g/mol. The van der Waals surface area contributed by atoms with Crippen molar-refractivity contribution in [1.82, 2.24) is 10.2 Å². The van der Waals surface area contributed by atoms with E-state index in [0.717, 1.165) is 5.56 Å². The van der Waals surface area contributed by atoms with Crippen molar-refractivity contribution in [2.24, 2.45) is 0 Å². The lowest BCUT2D eigenvalue weighted by atomic mass is 10.1. The molecule has 0 aliphatic rings. The van der Waals surface area contributed by atoms with Crippen LogP contribution in [0.3, 0.4) is 0 Å². The molecule has 1 atom stereocenters. The number of nitrogens with zero attached hydrogens (tertiary/aromatic N) is 1. The second-order valence-corrected chi connectivity index (χ2v) is 6.36. The van der Waals surface area contributed by atoms with Gasteiger partial charge in [0, 0.05) is 26.2 Å². The maximum absolute atomic E-state index is 14.0. The normalized spacial score (nSPS) is 12.9. The van der Waals surface area contributed by atoms with E-state index in [-0.39, 0.29) is 17.2 Å². The minimum absolute atomic E-state index is 0.0295. The number of halogens is 1. The fraction of sp³-hybridized carbons (Fsp3) is 0.562. The van der Waals surface area contributed by atoms with Gasteiger partial charge < -0.3 is 15.0 Å². The Bertz CT molecular complexity index is 496. The van der Waals surface area contributed by atoms with E-state index >= 15 is 0 Å². The highest BCUT2D eigenvalue weighted by molar-refractivity contribution is 5.80. The Kier molecular flexibility index (Phi) is 5.72. The van der Waals surface area contributed by atoms with Crippen molar-refractivity contribution in [1.29, 1.82) is 0 Å². The molecule has 0 aromatic heterocycles. The van der Waals surface area contributed by atoms with Gasteiger partial charge in [0.2, 0.25) is 0 Å². The van der Waals surface area contributed by atoms with E-state index in [1.807, 2.05) is 0 Å². The van der Waals surface area contributed by atoms with Gasteiger partial charge in [-0.25, -0.2) is 4.39 Å². The third-order valence-electron chi connectivity index (χ3n) is 2.91. The largest absolute Gasteiger partial charge is 0.478 e. The number of hydrogen-bond donors (Lipinski definition) is 1. The van der Waals surface area contributed by atoms with Crippen LogP contribution >= 0.6 is 0 Å². The van der Waals surface area contributed by atoms with Crippen LogP contribution in [0.1, 0.15) is 33.3 Å². The first-order valence-electron chi connectivity index (χ1n) is 7.01. The molecule has 4 nitrogen and oxygen atoms in total. The van der Waals surface area contributed by atoms with Gasteiger partial charge >= 0.3 is 0 Å². The molecule has 1 rings (SSSR count). The summed E-state index contributed by atoms with van der Waals surface area (Å²) >= 11 is 0. The summed E-state index contributed by atoms with van der Waals surface area (Å²) in [6.07, 6.45) is -0.715. The molecule has 1 unspecified atom stereocenters. The lowest BCUT2D eigenvalue weighted by molar-refractivity contribution is -0.135. The zero-order valence-corrected chi connectivity index (χ0v) is 13.7. The topological polar surface area (TPSA) is 41.6 Å². The molecule has 0 aliphatic heterocycles. The molecule has 0 heterocycles. The van der Waals surface area contributed by atoms with Crippen molar-refractivity contribution in [3.8, 4) is 5.75 Å². The summed E-state index contributed by atoms with van der Waals surface area (Å²) in [4.78, 5) is 13.1. The summed E-state index contributed by atoms with van der Waals surface area (Å²) in [6.45, 7) is 8.34. The molecule has 1 aromatic carbocycles. The summed E-state index contributed by atoms with van der Waals surface area (Å²) in [6, 6.07) is 4.79. The van der Waals surface area contributed by atoms with Crippen molar-refractivity contribution in [3.63, 3.8) is 0 Å². The van der Waals surface area contributed by atoms with E-state index in [2.05, 4.69) is 26.1 Å². The molecule has 0 saturated carbocycles. The first-order valence-corrected chi connectivity index (χ1v) is 7.01. The summed E-state index contributed by atoms with van der Waals surface area (Å²) < 4.78 is 19.4. The number of ether oxygens (including phenoxy) is 1. The van der Waals surface area contributed by atoms with Gasteiger partial charge in [-0.05, 0) is 45.4 Å². The van der Waals surface area contributed by atoms with E-state index in [1.165, 1.54) is 11.0 Å². The zero-order chi connectivity index (χ0) is 16.2. The minimum atomic E-state index is -0.715. The van der Waals surface area contributed by atoms with Crippen molar-refractivity contribution in [2.45, 2.75) is 45.9 Å². The molecule has 0 radical (unpaired) electrons. The minimum Gasteiger partial charge on any atom is -0.478 e. The molecule has 1 N–H and O–H groups in total. The maximum atomic E-state index is 14.0. The van der Waals surface area contributed by atoms with E-state index in [4.69, 9.17) is 4.74 Å². The first-order chi connectivity index (χ1) is 9.60. The van der Waals surface area contributed by atoms with Crippen LogP contribution in [0.2, 0.25) is 0 Å². The molecule has 21 heavy (non-hydrogen) atoms. The first kappa shape index (κ1) is 17.4. The Morgan fingerprint density at radius 1 is 1.38 bits per heavy atom. The number of benzene rings is 1. The molecule has 0 aliphatic carbocycles. The fourth-order valence-corrected chi connectivity index (χ4v) is 1.72. The Morgan fingerprint density at radius 2 is 2.00 bits per heavy atom. The van der Waals surface area contributed by atoms with Crippen molar-refractivity contribution >= 4 is 5.91 Å². The van der Waals surface area contributed by atoms with Crippen LogP contribution in [0.4, 0.5) is 4.39 Å². The number of carbonyl (C=O) groups is 1. The van der Waals surface area contributed by atoms with Crippen molar-refractivity contribution < 1.29 is 13.9 Å². The number of hydrogen-bond acceptors (Lipinski definition) is 3. The Labute approximate surface area is 126 Å². The zero-order valence-electron chi connectivity index (χ0n) is 13.7. The fourth-order valence-electron chi connectivity index (χ4n) is 1.72.